The summed E-state index contributed by atoms with van der Waals surface area (Å²) in [6.07, 6.45) is 2.66. The number of rotatable bonds is 3. The van der Waals surface area contributed by atoms with Crippen LogP contribution in [0.5, 0.6) is 11.6 Å². The van der Waals surface area contributed by atoms with E-state index in [1.807, 2.05) is 6.07 Å². The van der Waals surface area contributed by atoms with Crippen LogP contribution in [0, 0.1) is 11.3 Å². The van der Waals surface area contributed by atoms with Gasteiger partial charge < -0.3 is 10.5 Å². The van der Waals surface area contributed by atoms with E-state index in [-0.39, 0.29) is 11.6 Å². The lowest BCUT2D eigenvalue weighted by atomic mass is 10.2. The third-order valence-corrected chi connectivity index (χ3v) is 2.10. The van der Waals surface area contributed by atoms with E-state index in [1.54, 1.807) is 24.3 Å². The Balaban J connectivity index is 2.13. The Labute approximate surface area is 103 Å². The van der Waals surface area contributed by atoms with Gasteiger partial charge in [0.05, 0.1) is 12.4 Å². The van der Waals surface area contributed by atoms with E-state index >= 15 is 0 Å². The molecular weight excluding hydrogens is 232 g/mol. The normalized spacial score (nSPS) is 9.50. The number of carbonyl (C=O) groups excluding carboxylic acids is 1. The zero-order valence-electron chi connectivity index (χ0n) is 9.20. The lowest BCUT2D eigenvalue weighted by Gasteiger charge is -2.04. The minimum absolute atomic E-state index is 0.214. The summed E-state index contributed by atoms with van der Waals surface area (Å²) >= 11 is 0. The maximum atomic E-state index is 10.9. The topological polar surface area (TPSA) is 102 Å². The van der Waals surface area contributed by atoms with Crippen molar-refractivity contribution in [3.8, 4) is 17.7 Å². The second kappa shape index (κ2) is 4.93. The van der Waals surface area contributed by atoms with Crippen LogP contribution in [0.2, 0.25) is 0 Å². The molecule has 6 nitrogen and oxygen atoms in total. The van der Waals surface area contributed by atoms with E-state index in [4.69, 9.17) is 15.7 Å². The number of carbonyl (C=O) groups is 1. The second-order valence-electron chi connectivity index (χ2n) is 3.34. The number of nitriles is 1. The number of benzene rings is 1. The Kier molecular flexibility index (Phi) is 3.16. The van der Waals surface area contributed by atoms with Crippen molar-refractivity contribution >= 4 is 5.91 Å². The van der Waals surface area contributed by atoms with Gasteiger partial charge in [-0.3, -0.25) is 4.79 Å². The summed E-state index contributed by atoms with van der Waals surface area (Å²) in [5, 5.41) is 8.56. The maximum Gasteiger partial charge on any atom is 0.248 e. The standard InChI is InChI=1S/C12H8N4O2/c13-5-9-6-16-11(7-15-9)18-10-3-1-8(2-4-10)12(14)17/h1-4,6-7H,(H2,14,17). The van der Waals surface area contributed by atoms with E-state index in [9.17, 15) is 4.79 Å². The zero-order chi connectivity index (χ0) is 13.0. The first kappa shape index (κ1) is 11.5. The quantitative estimate of drug-likeness (QED) is 0.869. The van der Waals surface area contributed by atoms with Gasteiger partial charge in [0.2, 0.25) is 11.8 Å². The van der Waals surface area contributed by atoms with Crippen molar-refractivity contribution in [1.29, 1.82) is 5.26 Å². The van der Waals surface area contributed by atoms with Crippen LogP contribution in [0.3, 0.4) is 0 Å². The number of hydrogen-bond acceptors (Lipinski definition) is 5. The molecule has 6 heteroatoms. The van der Waals surface area contributed by atoms with Crippen LogP contribution in [0.15, 0.2) is 36.7 Å². The number of nitrogens with zero attached hydrogens (tertiary/aromatic N) is 3. The van der Waals surface area contributed by atoms with Crippen molar-refractivity contribution in [1.82, 2.24) is 9.97 Å². The molecule has 0 saturated carbocycles. The Morgan fingerprint density at radius 2 is 1.94 bits per heavy atom. The number of aromatic nitrogens is 2. The predicted octanol–water partition coefficient (Wildman–Crippen LogP) is 1.24. The molecular formula is C12H8N4O2. The van der Waals surface area contributed by atoms with Crippen LogP contribution < -0.4 is 10.5 Å². The molecule has 0 unspecified atom stereocenters. The molecule has 0 spiro atoms. The van der Waals surface area contributed by atoms with Crippen LogP contribution in [0.4, 0.5) is 0 Å². The first-order valence-corrected chi connectivity index (χ1v) is 4.99. The van der Waals surface area contributed by atoms with E-state index in [2.05, 4.69) is 9.97 Å². The van der Waals surface area contributed by atoms with Gasteiger partial charge in [0.25, 0.3) is 0 Å². The molecule has 0 fully saturated rings. The predicted molar refractivity (Wildman–Crippen MR) is 61.8 cm³/mol. The number of nitrogens with two attached hydrogens (primary N) is 1. The second-order valence-corrected chi connectivity index (χ2v) is 3.34. The molecule has 0 aliphatic heterocycles. The van der Waals surface area contributed by atoms with Crippen molar-refractivity contribution in [3.05, 3.63) is 47.9 Å². The highest BCUT2D eigenvalue weighted by Gasteiger charge is 2.02. The smallest absolute Gasteiger partial charge is 0.248 e. The van der Waals surface area contributed by atoms with Crippen molar-refractivity contribution in [2.45, 2.75) is 0 Å². The van der Waals surface area contributed by atoms with Gasteiger partial charge in [-0.1, -0.05) is 0 Å². The minimum Gasteiger partial charge on any atom is -0.438 e. The summed E-state index contributed by atoms with van der Waals surface area (Å²) < 4.78 is 5.38. The largest absolute Gasteiger partial charge is 0.438 e. The fourth-order valence-corrected chi connectivity index (χ4v) is 1.23. The number of amides is 1. The molecule has 0 saturated heterocycles. The summed E-state index contributed by atoms with van der Waals surface area (Å²) in [6.45, 7) is 0. The van der Waals surface area contributed by atoms with Gasteiger partial charge in [-0.25, -0.2) is 9.97 Å². The summed E-state index contributed by atoms with van der Waals surface area (Å²) in [4.78, 5) is 18.6. The molecule has 0 bridgehead atoms. The van der Waals surface area contributed by atoms with Gasteiger partial charge in [-0.15, -0.1) is 0 Å². The molecule has 1 heterocycles. The molecule has 2 rings (SSSR count). The van der Waals surface area contributed by atoms with E-state index < -0.39 is 5.91 Å². The highest BCUT2D eigenvalue weighted by atomic mass is 16.5. The van der Waals surface area contributed by atoms with Gasteiger partial charge in [-0.2, -0.15) is 5.26 Å². The van der Waals surface area contributed by atoms with Crippen molar-refractivity contribution in [3.63, 3.8) is 0 Å². The molecule has 1 aromatic heterocycles. The molecule has 0 radical (unpaired) electrons. The lowest BCUT2D eigenvalue weighted by Crippen LogP contribution is -2.10. The Bertz CT molecular complexity index is 599. The SMILES string of the molecule is N#Cc1cnc(Oc2ccc(C(N)=O)cc2)cn1. The van der Waals surface area contributed by atoms with Crippen LogP contribution in [-0.4, -0.2) is 15.9 Å². The molecule has 0 aliphatic rings. The summed E-state index contributed by atoms with van der Waals surface area (Å²) in [5.41, 5.74) is 5.73. The van der Waals surface area contributed by atoms with Gasteiger partial charge in [0.15, 0.2) is 5.69 Å². The Morgan fingerprint density at radius 1 is 1.22 bits per heavy atom. The highest BCUT2D eigenvalue weighted by molar-refractivity contribution is 5.92. The van der Waals surface area contributed by atoms with E-state index in [0.29, 0.717) is 11.3 Å². The number of primary amides is 1. The molecule has 18 heavy (non-hydrogen) atoms. The monoisotopic (exact) mass is 240 g/mol. The molecule has 1 amide bonds. The fourth-order valence-electron chi connectivity index (χ4n) is 1.23. The first-order valence-electron chi connectivity index (χ1n) is 4.99. The van der Waals surface area contributed by atoms with Gasteiger partial charge in [0.1, 0.15) is 11.8 Å². The molecule has 2 aromatic rings. The Morgan fingerprint density at radius 3 is 2.44 bits per heavy atom. The molecule has 0 aliphatic carbocycles. The summed E-state index contributed by atoms with van der Waals surface area (Å²) in [7, 11) is 0. The number of hydrogen-bond donors (Lipinski definition) is 1. The van der Waals surface area contributed by atoms with E-state index in [1.165, 1.54) is 12.4 Å². The maximum absolute atomic E-state index is 10.9. The average Bonchev–Trinajstić information content (AvgIpc) is 2.40. The van der Waals surface area contributed by atoms with Crippen molar-refractivity contribution in [2.24, 2.45) is 5.73 Å². The summed E-state index contributed by atoms with van der Waals surface area (Å²) in [6, 6.07) is 8.15. The summed E-state index contributed by atoms with van der Waals surface area (Å²) in [5.74, 6) is 0.263. The fraction of sp³-hybridized carbons (Fsp3) is 0. The third-order valence-electron chi connectivity index (χ3n) is 2.10. The van der Waals surface area contributed by atoms with Crippen molar-refractivity contribution < 1.29 is 9.53 Å². The lowest BCUT2D eigenvalue weighted by molar-refractivity contribution is 0.100. The molecule has 0 atom stereocenters. The van der Waals surface area contributed by atoms with Crippen LogP contribution in [-0.2, 0) is 0 Å². The zero-order valence-corrected chi connectivity index (χ0v) is 9.20. The van der Waals surface area contributed by atoms with Gasteiger partial charge in [-0.05, 0) is 24.3 Å². The third kappa shape index (κ3) is 2.59. The van der Waals surface area contributed by atoms with Crippen LogP contribution in [0.25, 0.3) is 0 Å². The Hall–Kier alpha value is -2.94. The van der Waals surface area contributed by atoms with Gasteiger partial charge in [0, 0.05) is 5.56 Å². The average molecular weight is 240 g/mol. The van der Waals surface area contributed by atoms with E-state index in [0.717, 1.165) is 0 Å². The minimum atomic E-state index is -0.500. The molecule has 2 N–H and O–H groups in total. The molecule has 88 valence electrons. The molecule has 1 aromatic carbocycles. The first-order chi connectivity index (χ1) is 8.69. The van der Waals surface area contributed by atoms with Crippen LogP contribution >= 0.6 is 0 Å². The van der Waals surface area contributed by atoms with Crippen molar-refractivity contribution in [2.75, 3.05) is 0 Å². The van der Waals surface area contributed by atoms with Crippen LogP contribution in [0.1, 0.15) is 16.1 Å². The highest BCUT2D eigenvalue weighted by Crippen LogP contribution is 2.18. The number of ether oxygens (including phenoxy) is 1. The van der Waals surface area contributed by atoms with Gasteiger partial charge >= 0.3 is 0 Å².